The van der Waals surface area contributed by atoms with E-state index in [9.17, 15) is 14.0 Å². The van der Waals surface area contributed by atoms with Crippen molar-refractivity contribution in [2.45, 2.75) is 26.2 Å². The molecule has 0 saturated heterocycles. The molecular formula is C12H12BrFO2. The zero-order chi connectivity index (χ0) is 12.1. The van der Waals surface area contributed by atoms with Crippen LogP contribution >= 0.6 is 15.9 Å². The minimum absolute atomic E-state index is 0.0799. The van der Waals surface area contributed by atoms with Gasteiger partial charge in [-0.15, -0.1) is 0 Å². The lowest BCUT2D eigenvalue weighted by atomic mass is 10.0. The third kappa shape index (κ3) is 3.52. The summed E-state index contributed by atoms with van der Waals surface area (Å²) in [6.45, 7) is 1.89. The molecule has 0 fully saturated rings. The molecule has 0 aromatic heterocycles. The number of benzene rings is 1. The van der Waals surface area contributed by atoms with Gasteiger partial charge in [-0.1, -0.05) is 6.92 Å². The van der Waals surface area contributed by atoms with Crippen LogP contribution in [0.1, 0.15) is 36.5 Å². The third-order valence-corrected chi connectivity index (χ3v) is 2.77. The van der Waals surface area contributed by atoms with Gasteiger partial charge >= 0.3 is 0 Å². The van der Waals surface area contributed by atoms with Crippen molar-refractivity contribution in [3.05, 3.63) is 34.1 Å². The van der Waals surface area contributed by atoms with Gasteiger partial charge in [-0.2, -0.15) is 0 Å². The summed E-state index contributed by atoms with van der Waals surface area (Å²) in [5, 5.41) is 0. The van der Waals surface area contributed by atoms with E-state index in [0.717, 1.165) is 6.42 Å². The van der Waals surface area contributed by atoms with E-state index < -0.39 is 5.82 Å². The van der Waals surface area contributed by atoms with Crippen molar-refractivity contribution in [3.8, 4) is 0 Å². The molecule has 0 heterocycles. The Kier molecular flexibility index (Phi) is 4.80. The van der Waals surface area contributed by atoms with Crippen LogP contribution in [0.2, 0.25) is 0 Å². The van der Waals surface area contributed by atoms with Gasteiger partial charge < -0.3 is 0 Å². The van der Waals surface area contributed by atoms with E-state index >= 15 is 0 Å². The largest absolute Gasteiger partial charge is 0.299 e. The molecular weight excluding hydrogens is 275 g/mol. The fourth-order valence-electron chi connectivity index (χ4n) is 1.36. The van der Waals surface area contributed by atoms with Crippen molar-refractivity contribution < 1.29 is 14.0 Å². The Morgan fingerprint density at radius 1 is 1.38 bits per heavy atom. The van der Waals surface area contributed by atoms with E-state index in [1.165, 1.54) is 18.2 Å². The molecule has 0 amide bonds. The average Bonchev–Trinajstić information content (AvgIpc) is 2.17. The van der Waals surface area contributed by atoms with Crippen molar-refractivity contribution in [2.75, 3.05) is 0 Å². The van der Waals surface area contributed by atoms with Gasteiger partial charge in [0.2, 0.25) is 0 Å². The molecule has 0 aliphatic rings. The molecule has 1 rings (SSSR count). The molecule has 1 aromatic carbocycles. The number of ketones is 2. The average molecular weight is 287 g/mol. The summed E-state index contributed by atoms with van der Waals surface area (Å²) in [5.74, 6) is -0.766. The van der Waals surface area contributed by atoms with Gasteiger partial charge in [0.15, 0.2) is 5.78 Å². The molecule has 0 radical (unpaired) electrons. The first kappa shape index (κ1) is 13.0. The molecule has 4 heteroatoms. The maximum Gasteiger partial charge on any atom is 0.171 e. The molecule has 2 nitrogen and oxygen atoms in total. The fraction of sp³-hybridized carbons (Fsp3) is 0.333. The van der Waals surface area contributed by atoms with Gasteiger partial charge in [0, 0.05) is 16.5 Å². The van der Waals surface area contributed by atoms with Crippen LogP contribution in [-0.4, -0.2) is 11.6 Å². The van der Waals surface area contributed by atoms with Crippen molar-refractivity contribution in [1.29, 1.82) is 0 Å². The molecule has 0 unspecified atom stereocenters. The number of rotatable bonds is 5. The second kappa shape index (κ2) is 5.89. The molecule has 0 spiro atoms. The minimum Gasteiger partial charge on any atom is -0.299 e. The first-order valence-electron chi connectivity index (χ1n) is 5.04. The van der Waals surface area contributed by atoms with E-state index in [-0.39, 0.29) is 18.0 Å². The van der Waals surface area contributed by atoms with E-state index in [2.05, 4.69) is 15.9 Å². The summed E-state index contributed by atoms with van der Waals surface area (Å²) in [6.07, 6.45) is 1.03. The highest BCUT2D eigenvalue weighted by Gasteiger charge is 2.14. The van der Waals surface area contributed by atoms with Crippen molar-refractivity contribution >= 4 is 27.5 Å². The molecule has 86 valence electrons. The Bertz CT molecular complexity index is 415. The molecule has 0 atom stereocenters. The summed E-state index contributed by atoms with van der Waals surface area (Å²) in [5.41, 5.74) is 0.353. The summed E-state index contributed by atoms with van der Waals surface area (Å²) < 4.78 is 13.2. The molecule has 16 heavy (non-hydrogen) atoms. The standard InChI is InChI=1S/C12H12BrFO2/c1-2-3-9(15)7-12(16)10-5-4-8(14)6-11(10)13/h4-6H,2-3,7H2,1H3. The van der Waals surface area contributed by atoms with Crippen molar-refractivity contribution in [1.82, 2.24) is 0 Å². The van der Waals surface area contributed by atoms with Gasteiger partial charge in [0.05, 0.1) is 6.42 Å². The van der Waals surface area contributed by atoms with Gasteiger partial charge in [-0.05, 0) is 40.5 Å². The van der Waals surface area contributed by atoms with Crippen LogP contribution < -0.4 is 0 Å². The highest BCUT2D eigenvalue weighted by molar-refractivity contribution is 9.10. The number of halogens is 2. The Labute approximate surface area is 102 Å². The quantitative estimate of drug-likeness (QED) is 0.613. The summed E-state index contributed by atoms with van der Waals surface area (Å²) in [6, 6.07) is 3.82. The molecule has 0 aliphatic heterocycles. The van der Waals surface area contributed by atoms with Gasteiger partial charge in [0.1, 0.15) is 11.6 Å². The van der Waals surface area contributed by atoms with Crippen molar-refractivity contribution in [2.24, 2.45) is 0 Å². The minimum atomic E-state index is -0.414. The van der Waals surface area contributed by atoms with Crippen LogP contribution in [-0.2, 0) is 4.79 Å². The predicted octanol–water partition coefficient (Wildman–Crippen LogP) is 3.53. The van der Waals surface area contributed by atoms with Crippen LogP contribution in [0.3, 0.4) is 0 Å². The fourth-order valence-corrected chi connectivity index (χ4v) is 1.93. The first-order valence-corrected chi connectivity index (χ1v) is 5.84. The lowest BCUT2D eigenvalue weighted by Gasteiger charge is -2.03. The topological polar surface area (TPSA) is 34.1 Å². The summed E-state index contributed by atoms with van der Waals surface area (Å²) >= 11 is 3.10. The van der Waals surface area contributed by atoms with Gasteiger partial charge in [0.25, 0.3) is 0 Å². The number of hydrogen-bond donors (Lipinski definition) is 0. The molecule has 0 bridgehead atoms. The number of Topliss-reactive ketones (excluding diaryl/α,β-unsaturated/α-hetero) is 2. The SMILES string of the molecule is CCCC(=O)CC(=O)c1ccc(F)cc1Br. The van der Waals surface area contributed by atoms with Crippen LogP contribution in [0.25, 0.3) is 0 Å². The second-order valence-electron chi connectivity index (χ2n) is 3.51. The molecule has 0 N–H and O–H groups in total. The molecule has 0 aliphatic carbocycles. The lowest BCUT2D eigenvalue weighted by molar-refractivity contribution is -0.118. The monoisotopic (exact) mass is 286 g/mol. The highest BCUT2D eigenvalue weighted by Crippen LogP contribution is 2.19. The van der Waals surface area contributed by atoms with Gasteiger partial charge in [-0.25, -0.2) is 4.39 Å². The maximum absolute atomic E-state index is 12.8. The van der Waals surface area contributed by atoms with E-state index in [1.54, 1.807) is 0 Å². The number of carbonyl (C=O) groups excluding carboxylic acids is 2. The Morgan fingerprint density at radius 2 is 2.06 bits per heavy atom. The molecule has 1 aromatic rings. The Hall–Kier alpha value is -1.03. The van der Waals surface area contributed by atoms with Crippen LogP contribution in [0.15, 0.2) is 22.7 Å². The summed E-state index contributed by atoms with van der Waals surface area (Å²) in [4.78, 5) is 23.0. The maximum atomic E-state index is 12.8. The highest BCUT2D eigenvalue weighted by atomic mass is 79.9. The van der Waals surface area contributed by atoms with Crippen LogP contribution in [0, 0.1) is 5.82 Å². The van der Waals surface area contributed by atoms with E-state index in [4.69, 9.17) is 0 Å². The normalized spacial score (nSPS) is 10.2. The van der Waals surface area contributed by atoms with Crippen LogP contribution in [0.4, 0.5) is 4.39 Å². The van der Waals surface area contributed by atoms with Crippen molar-refractivity contribution in [3.63, 3.8) is 0 Å². The zero-order valence-corrected chi connectivity index (χ0v) is 10.5. The second-order valence-corrected chi connectivity index (χ2v) is 4.37. The van der Waals surface area contributed by atoms with Crippen LogP contribution in [0.5, 0.6) is 0 Å². The smallest absolute Gasteiger partial charge is 0.171 e. The van der Waals surface area contributed by atoms with E-state index in [1.807, 2.05) is 6.92 Å². The first-order chi connectivity index (χ1) is 7.54. The lowest BCUT2D eigenvalue weighted by Crippen LogP contribution is -2.08. The Balaban J connectivity index is 2.77. The van der Waals surface area contributed by atoms with E-state index in [0.29, 0.717) is 16.5 Å². The molecule has 0 saturated carbocycles. The predicted molar refractivity (Wildman–Crippen MR) is 63.0 cm³/mol. The number of carbonyl (C=O) groups is 2. The zero-order valence-electron chi connectivity index (χ0n) is 8.93. The Morgan fingerprint density at radius 3 is 2.62 bits per heavy atom. The third-order valence-electron chi connectivity index (χ3n) is 2.12. The number of hydrogen-bond acceptors (Lipinski definition) is 2. The summed E-state index contributed by atoms with van der Waals surface area (Å²) in [7, 11) is 0. The van der Waals surface area contributed by atoms with Gasteiger partial charge in [-0.3, -0.25) is 9.59 Å².